The second-order valence-corrected chi connectivity index (χ2v) is 10.8. The van der Waals surface area contributed by atoms with E-state index in [4.69, 9.17) is 0 Å². The van der Waals surface area contributed by atoms with Crippen LogP contribution in [0.2, 0.25) is 0 Å². The van der Waals surface area contributed by atoms with Crippen molar-refractivity contribution in [3.05, 3.63) is 89.5 Å². The molecule has 0 aliphatic rings. The summed E-state index contributed by atoms with van der Waals surface area (Å²) in [5.41, 5.74) is 4.23. The van der Waals surface area contributed by atoms with Gasteiger partial charge in [-0.1, -0.05) is 77.1 Å². The lowest BCUT2D eigenvalue weighted by Crippen LogP contribution is -2.38. The molecular weight excluding hydrogens is 468 g/mol. The number of hydrogen-bond acceptors (Lipinski definition) is 6. The Kier molecular flexibility index (Phi) is 6.76. The number of nitrogens with zero attached hydrogens (tertiary/aromatic N) is 3. The Labute approximate surface area is 203 Å². The zero-order valence-electron chi connectivity index (χ0n) is 19.0. The smallest absolute Gasteiger partial charge is 0.264 e. The summed E-state index contributed by atoms with van der Waals surface area (Å²) in [6, 6.07) is 21.4. The van der Waals surface area contributed by atoms with Gasteiger partial charge in [-0.05, 0) is 44.5 Å². The van der Waals surface area contributed by atoms with E-state index in [2.05, 4.69) is 15.5 Å². The molecule has 0 atom stereocenters. The predicted octanol–water partition coefficient (Wildman–Crippen LogP) is 4.96. The molecule has 0 saturated carbocycles. The van der Waals surface area contributed by atoms with Gasteiger partial charge in [-0.3, -0.25) is 14.4 Å². The van der Waals surface area contributed by atoms with Crippen LogP contribution in [-0.2, 0) is 14.8 Å². The standard InChI is InChI=1S/C25H24N4O3S2/c1-17-9-12-20(13-10-17)24-27-28-25(33-24)26-23(30)16-29(22-14-11-18(2)15-19(22)3)34(31,32)21-7-5-4-6-8-21/h4-15H,16H2,1-3H3,(H,26,28,30). The molecule has 34 heavy (non-hydrogen) atoms. The Balaban J connectivity index is 1.60. The van der Waals surface area contributed by atoms with Gasteiger partial charge in [0.2, 0.25) is 11.0 Å². The van der Waals surface area contributed by atoms with Gasteiger partial charge in [0.1, 0.15) is 11.6 Å². The Morgan fingerprint density at radius 1 is 0.912 bits per heavy atom. The quantitative estimate of drug-likeness (QED) is 0.393. The fourth-order valence-corrected chi connectivity index (χ4v) is 5.75. The molecule has 0 bridgehead atoms. The first-order chi connectivity index (χ1) is 16.2. The average Bonchev–Trinajstić information content (AvgIpc) is 3.27. The molecule has 1 N–H and O–H groups in total. The summed E-state index contributed by atoms with van der Waals surface area (Å²) < 4.78 is 28.1. The van der Waals surface area contributed by atoms with Crippen molar-refractivity contribution in [2.45, 2.75) is 25.7 Å². The van der Waals surface area contributed by atoms with Crippen molar-refractivity contribution in [3.8, 4) is 10.6 Å². The highest BCUT2D eigenvalue weighted by Crippen LogP contribution is 2.29. The molecule has 1 heterocycles. The van der Waals surface area contributed by atoms with E-state index in [9.17, 15) is 13.2 Å². The summed E-state index contributed by atoms with van der Waals surface area (Å²) in [6.07, 6.45) is 0. The lowest BCUT2D eigenvalue weighted by molar-refractivity contribution is -0.114. The monoisotopic (exact) mass is 492 g/mol. The maximum Gasteiger partial charge on any atom is 0.264 e. The molecule has 0 fully saturated rings. The SMILES string of the molecule is Cc1ccc(-c2nnc(NC(=O)CN(c3ccc(C)cc3C)S(=O)(=O)c3ccccc3)s2)cc1. The van der Waals surface area contributed by atoms with Crippen molar-refractivity contribution < 1.29 is 13.2 Å². The highest BCUT2D eigenvalue weighted by atomic mass is 32.2. The second-order valence-electron chi connectivity index (χ2n) is 7.94. The van der Waals surface area contributed by atoms with Gasteiger partial charge in [0, 0.05) is 5.56 Å². The molecule has 3 aromatic carbocycles. The Bertz CT molecular complexity index is 1420. The van der Waals surface area contributed by atoms with Gasteiger partial charge in [-0.25, -0.2) is 8.42 Å². The van der Waals surface area contributed by atoms with Gasteiger partial charge in [0.05, 0.1) is 10.6 Å². The largest absolute Gasteiger partial charge is 0.299 e. The van der Waals surface area contributed by atoms with Crippen LogP contribution in [0, 0.1) is 20.8 Å². The average molecular weight is 493 g/mol. The minimum atomic E-state index is -3.98. The minimum Gasteiger partial charge on any atom is -0.299 e. The molecule has 0 unspecified atom stereocenters. The van der Waals surface area contributed by atoms with Crippen molar-refractivity contribution >= 4 is 38.1 Å². The van der Waals surface area contributed by atoms with E-state index >= 15 is 0 Å². The zero-order chi connectivity index (χ0) is 24.3. The summed E-state index contributed by atoms with van der Waals surface area (Å²) >= 11 is 1.23. The van der Waals surface area contributed by atoms with Gasteiger partial charge in [0.15, 0.2) is 0 Å². The topological polar surface area (TPSA) is 92.3 Å². The number of aromatic nitrogens is 2. The summed E-state index contributed by atoms with van der Waals surface area (Å²) in [7, 11) is -3.98. The van der Waals surface area contributed by atoms with Gasteiger partial charge in [-0.15, -0.1) is 10.2 Å². The lowest BCUT2D eigenvalue weighted by atomic mass is 10.1. The molecule has 0 radical (unpaired) electrons. The molecule has 0 saturated heterocycles. The highest BCUT2D eigenvalue weighted by molar-refractivity contribution is 7.92. The molecule has 7 nitrogen and oxygen atoms in total. The molecular formula is C25H24N4O3S2. The number of rotatable bonds is 7. The van der Waals surface area contributed by atoms with Crippen LogP contribution in [0.15, 0.2) is 77.7 Å². The van der Waals surface area contributed by atoms with E-state index in [1.807, 2.05) is 57.2 Å². The predicted molar refractivity (Wildman–Crippen MR) is 136 cm³/mol. The van der Waals surface area contributed by atoms with E-state index < -0.39 is 22.5 Å². The third kappa shape index (κ3) is 5.16. The maximum absolute atomic E-state index is 13.5. The number of anilines is 2. The van der Waals surface area contributed by atoms with Gasteiger partial charge in [0.25, 0.3) is 10.0 Å². The van der Waals surface area contributed by atoms with Crippen molar-refractivity contribution in [2.24, 2.45) is 0 Å². The van der Waals surface area contributed by atoms with E-state index in [0.717, 1.165) is 26.6 Å². The molecule has 0 aliphatic heterocycles. The molecule has 1 amide bonds. The normalized spacial score (nSPS) is 11.3. The molecule has 0 aliphatic carbocycles. The number of sulfonamides is 1. The fourth-order valence-electron chi connectivity index (χ4n) is 3.48. The van der Waals surface area contributed by atoms with Crippen molar-refractivity contribution in [3.63, 3.8) is 0 Å². The molecule has 174 valence electrons. The van der Waals surface area contributed by atoms with Crippen molar-refractivity contribution in [1.82, 2.24) is 10.2 Å². The summed E-state index contributed by atoms with van der Waals surface area (Å²) in [5.74, 6) is -0.508. The summed E-state index contributed by atoms with van der Waals surface area (Å²) in [4.78, 5) is 13.1. The van der Waals surface area contributed by atoms with Crippen molar-refractivity contribution in [2.75, 3.05) is 16.2 Å². The second kappa shape index (κ2) is 9.74. The Morgan fingerprint density at radius 2 is 1.59 bits per heavy atom. The first-order valence-electron chi connectivity index (χ1n) is 10.6. The Hall–Kier alpha value is -3.56. The molecule has 9 heteroatoms. The van der Waals surface area contributed by atoms with Crippen LogP contribution in [0.5, 0.6) is 0 Å². The third-order valence-electron chi connectivity index (χ3n) is 5.21. The summed E-state index contributed by atoms with van der Waals surface area (Å²) in [6.45, 7) is 5.36. The molecule has 0 spiro atoms. The molecule has 4 rings (SSSR count). The molecule has 1 aromatic heterocycles. The summed E-state index contributed by atoms with van der Waals surface area (Å²) in [5, 5.41) is 11.9. The van der Waals surface area contributed by atoms with Crippen molar-refractivity contribution in [1.29, 1.82) is 0 Å². The van der Waals surface area contributed by atoms with Gasteiger partial charge < -0.3 is 0 Å². The Morgan fingerprint density at radius 3 is 2.26 bits per heavy atom. The number of nitrogens with one attached hydrogen (secondary N) is 1. The van der Waals surface area contributed by atoms with Crippen LogP contribution in [-0.4, -0.2) is 31.1 Å². The van der Waals surface area contributed by atoms with Crippen LogP contribution in [0.4, 0.5) is 10.8 Å². The highest BCUT2D eigenvalue weighted by Gasteiger charge is 2.28. The van der Waals surface area contributed by atoms with Crippen LogP contribution in [0.3, 0.4) is 0 Å². The van der Waals surface area contributed by atoms with Gasteiger partial charge >= 0.3 is 0 Å². The number of benzene rings is 3. The van der Waals surface area contributed by atoms with E-state index in [-0.39, 0.29) is 4.90 Å². The fraction of sp³-hybridized carbons (Fsp3) is 0.160. The number of amides is 1. The van der Waals surface area contributed by atoms with E-state index in [1.165, 1.54) is 23.5 Å². The van der Waals surface area contributed by atoms with Crippen LogP contribution in [0.25, 0.3) is 10.6 Å². The first-order valence-corrected chi connectivity index (χ1v) is 12.8. The first kappa shape index (κ1) is 23.6. The lowest BCUT2D eigenvalue weighted by Gasteiger charge is -2.25. The van der Waals surface area contributed by atoms with Crippen LogP contribution < -0.4 is 9.62 Å². The van der Waals surface area contributed by atoms with Crippen LogP contribution in [0.1, 0.15) is 16.7 Å². The number of carbonyl (C=O) groups is 1. The third-order valence-corrected chi connectivity index (χ3v) is 7.87. The zero-order valence-corrected chi connectivity index (χ0v) is 20.7. The van der Waals surface area contributed by atoms with E-state index in [0.29, 0.717) is 15.8 Å². The maximum atomic E-state index is 13.5. The minimum absolute atomic E-state index is 0.111. The van der Waals surface area contributed by atoms with Crippen LogP contribution >= 0.6 is 11.3 Å². The van der Waals surface area contributed by atoms with Gasteiger partial charge in [-0.2, -0.15) is 0 Å². The number of aryl methyl sites for hydroxylation is 3. The van der Waals surface area contributed by atoms with E-state index in [1.54, 1.807) is 24.3 Å². The molecule has 4 aromatic rings. The number of hydrogen-bond donors (Lipinski definition) is 1. The number of carbonyl (C=O) groups excluding carboxylic acids is 1.